The van der Waals surface area contributed by atoms with Crippen LogP contribution in [0.2, 0.25) is 0 Å². The number of hydrogen-bond acceptors (Lipinski definition) is 5. The van der Waals surface area contributed by atoms with Gasteiger partial charge in [-0.25, -0.2) is 9.18 Å². The first-order valence-electron chi connectivity index (χ1n) is 9.34. The highest BCUT2D eigenvalue weighted by Crippen LogP contribution is 2.25. The van der Waals surface area contributed by atoms with Gasteiger partial charge in [0.05, 0.1) is 10.9 Å². The minimum absolute atomic E-state index is 0.0443. The molecule has 0 aliphatic rings. The monoisotopic (exact) mass is 404 g/mol. The molecule has 0 saturated heterocycles. The Balaban J connectivity index is 1.58. The van der Waals surface area contributed by atoms with Gasteiger partial charge in [0.25, 0.3) is 0 Å². The molecule has 6 heteroatoms. The Hall–Kier alpha value is -3.93. The van der Waals surface area contributed by atoms with E-state index in [-0.39, 0.29) is 33.5 Å². The zero-order valence-corrected chi connectivity index (χ0v) is 16.1. The highest BCUT2D eigenvalue weighted by atomic mass is 19.1. The Labute approximate surface area is 171 Å². The molecule has 0 bridgehead atoms. The summed E-state index contributed by atoms with van der Waals surface area (Å²) in [6.45, 7) is 2.05. The van der Waals surface area contributed by atoms with E-state index in [9.17, 15) is 14.0 Å². The quantitative estimate of drug-likeness (QED) is 0.324. The summed E-state index contributed by atoms with van der Waals surface area (Å²) >= 11 is 0. The number of esters is 1. The zero-order valence-electron chi connectivity index (χ0n) is 16.1. The molecule has 0 aliphatic heterocycles. The van der Waals surface area contributed by atoms with Crippen molar-refractivity contribution in [3.05, 3.63) is 100 Å². The Morgan fingerprint density at radius 2 is 1.73 bits per heavy atom. The summed E-state index contributed by atoms with van der Waals surface area (Å²) in [6.07, 6.45) is 2.11. The molecule has 0 radical (unpaired) electrons. The van der Waals surface area contributed by atoms with Crippen molar-refractivity contribution < 1.29 is 23.1 Å². The van der Waals surface area contributed by atoms with Crippen LogP contribution in [0.3, 0.4) is 0 Å². The van der Waals surface area contributed by atoms with Gasteiger partial charge in [-0.2, -0.15) is 0 Å². The van der Waals surface area contributed by atoms with Crippen molar-refractivity contribution in [2.75, 3.05) is 0 Å². The van der Waals surface area contributed by atoms with Crippen LogP contribution in [0, 0.1) is 5.82 Å². The van der Waals surface area contributed by atoms with Crippen molar-refractivity contribution in [2.24, 2.45) is 0 Å². The first-order chi connectivity index (χ1) is 14.5. The fourth-order valence-corrected chi connectivity index (χ4v) is 2.93. The molecule has 4 rings (SSSR count). The molecule has 5 nitrogen and oxygen atoms in total. The molecular formula is C24H17FO5. The largest absolute Gasteiger partial charge is 0.460 e. The average Bonchev–Trinajstić information content (AvgIpc) is 2.76. The van der Waals surface area contributed by atoms with Crippen LogP contribution in [0.1, 0.15) is 22.8 Å². The fourth-order valence-electron chi connectivity index (χ4n) is 2.93. The standard InChI is InChI=1S/C24H17FO5/c1-2-15-7-9-16(10-8-15)29-22-14-28-21-13-17(11-12-19(21)23(22)26)30-24(27)18-5-3-4-6-20(18)25/h3-14H,2H2,1H3. The summed E-state index contributed by atoms with van der Waals surface area (Å²) in [5.41, 5.74) is 0.831. The van der Waals surface area contributed by atoms with Gasteiger partial charge in [-0.3, -0.25) is 4.79 Å². The number of halogens is 1. The normalized spacial score (nSPS) is 10.7. The van der Waals surface area contributed by atoms with Crippen LogP contribution in [0.15, 0.2) is 82.2 Å². The number of aryl methyl sites for hydroxylation is 1. The second-order valence-electron chi connectivity index (χ2n) is 6.56. The number of hydrogen-bond donors (Lipinski definition) is 0. The summed E-state index contributed by atoms with van der Waals surface area (Å²) < 4.78 is 30.1. The first kappa shape index (κ1) is 19.4. The molecule has 1 aromatic heterocycles. The number of carbonyl (C=O) groups excluding carboxylic acids is 1. The first-order valence-corrected chi connectivity index (χ1v) is 9.34. The highest BCUT2D eigenvalue weighted by Gasteiger charge is 2.15. The van der Waals surface area contributed by atoms with Gasteiger partial charge in [0.1, 0.15) is 29.2 Å². The maximum atomic E-state index is 13.7. The zero-order chi connectivity index (χ0) is 21.1. The predicted molar refractivity (Wildman–Crippen MR) is 110 cm³/mol. The van der Waals surface area contributed by atoms with Crippen LogP contribution < -0.4 is 14.9 Å². The average molecular weight is 404 g/mol. The number of benzene rings is 3. The van der Waals surface area contributed by atoms with Crippen LogP contribution in [-0.2, 0) is 6.42 Å². The van der Waals surface area contributed by atoms with Crippen molar-refractivity contribution >= 4 is 16.9 Å². The number of fused-ring (bicyclic) bond motifs is 1. The fraction of sp³-hybridized carbons (Fsp3) is 0.0833. The summed E-state index contributed by atoms with van der Waals surface area (Å²) in [4.78, 5) is 24.9. The second-order valence-corrected chi connectivity index (χ2v) is 6.56. The van der Waals surface area contributed by atoms with Crippen LogP contribution >= 0.6 is 0 Å². The van der Waals surface area contributed by atoms with Gasteiger partial charge in [-0.05, 0) is 48.4 Å². The van der Waals surface area contributed by atoms with Crippen molar-refractivity contribution in [3.63, 3.8) is 0 Å². The molecule has 0 N–H and O–H groups in total. The molecule has 1 heterocycles. The lowest BCUT2D eigenvalue weighted by molar-refractivity contribution is 0.0730. The molecule has 30 heavy (non-hydrogen) atoms. The number of ether oxygens (including phenoxy) is 2. The minimum atomic E-state index is -0.842. The van der Waals surface area contributed by atoms with E-state index in [0.29, 0.717) is 5.75 Å². The van der Waals surface area contributed by atoms with E-state index >= 15 is 0 Å². The van der Waals surface area contributed by atoms with Gasteiger partial charge in [0.2, 0.25) is 11.2 Å². The number of rotatable bonds is 5. The molecular weight excluding hydrogens is 387 g/mol. The lowest BCUT2D eigenvalue weighted by Gasteiger charge is -2.08. The molecule has 4 aromatic rings. The Kier molecular flexibility index (Phi) is 5.30. The molecule has 3 aromatic carbocycles. The van der Waals surface area contributed by atoms with E-state index < -0.39 is 11.8 Å². The van der Waals surface area contributed by atoms with E-state index in [1.54, 1.807) is 12.1 Å². The Morgan fingerprint density at radius 1 is 1.00 bits per heavy atom. The maximum absolute atomic E-state index is 13.7. The van der Waals surface area contributed by atoms with E-state index in [2.05, 4.69) is 6.92 Å². The van der Waals surface area contributed by atoms with Crippen molar-refractivity contribution in [1.82, 2.24) is 0 Å². The predicted octanol–water partition coefficient (Wildman–Crippen LogP) is 5.51. The summed E-state index contributed by atoms with van der Waals surface area (Å²) in [5.74, 6) is -0.825. The topological polar surface area (TPSA) is 65.7 Å². The van der Waals surface area contributed by atoms with E-state index in [4.69, 9.17) is 13.9 Å². The van der Waals surface area contributed by atoms with E-state index in [0.717, 1.165) is 12.0 Å². The molecule has 0 aliphatic carbocycles. The van der Waals surface area contributed by atoms with Gasteiger partial charge in [-0.15, -0.1) is 0 Å². The van der Waals surface area contributed by atoms with Gasteiger partial charge >= 0.3 is 5.97 Å². The van der Waals surface area contributed by atoms with Crippen LogP contribution in [0.25, 0.3) is 11.0 Å². The molecule has 0 atom stereocenters. The smallest absolute Gasteiger partial charge is 0.346 e. The lowest BCUT2D eigenvalue weighted by atomic mass is 10.2. The Morgan fingerprint density at radius 3 is 2.47 bits per heavy atom. The molecule has 0 saturated carbocycles. The molecule has 0 spiro atoms. The van der Waals surface area contributed by atoms with Crippen molar-refractivity contribution in [3.8, 4) is 17.2 Å². The number of carbonyl (C=O) groups is 1. The molecule has 0 fully saturated rings. The summed E-state index contributed by atoms with van der Waals surface area (Å²) in [5, 5.41) is 0.267. The van der Waals surface area contributed by atoms with Crippen LogP contribution in [0.5, 0.6) is 17.2 Å². The summed E-state index contributed by atoms with van der Waals surface area (Å²) in [6, 6.07) is 17.3. The van der Waals surface area contributed by atoms with E-state index in [1.807, 2.05) is 12.1 Å². The maximum Gasteiger partial charge on any atom is 0.346 e. The lowest BCUT2D eigenvalue weighted by Crippen LogP contribution is -2.11. The molecule has 0 unspecified atom stereocenters. The van der Waals surface area contributed by atoms with Gasteiger partial charge in [0.15, 0.2) is 0 Å². The third kappa shape index (κ3) is 3.93. The third-order valence-electron chi connectivity index (χ3n) is 4.58. The van der Waals surface area contributed by atoms with Crippen LogP contribution in [0.4, 0.5) is 4.39 Å². The Bertz CT molecular complexity index is 1280. The van der Waals surface area contributed by atoms with Gasteiger partial charge < -0.3 is 13.9 Å². The third-order valence-corrected chi connectivity index (χ3v) is 4.58. The molecule has 150 valence electrons. The summed E-state index contributed by atoms with van der Waals surface area (Å²) in [7, 11) is 0. The van der Waals surface area contributed by atoms with Gasteiger partial charge in [0, 0.05) is 6.07 Å². The SMILES string of the molecule is CCc1ccc(Oc2coc3cc(OC(=O)c4ccccc4F)ccc3c2=O)cc1. The minimum Gasteiger partial charge on any atom is -0.460 e. The molecule has 0 amide bonds. The van der Waals surface area contributed by atoms with E-state index in [1.165, 1.54) is 48.7 Å². The highest BCUT2D eigenvalue weighted by molar-refractivity contribution is 5.92. The van der Waals surface area contributed by atoms with Crippen LogP contribution in [-0.4, -0.2) is 5.97 Å². The van der Waals surface area contributed by atoms with Crippen molar-refractivity contribution in [2.45, 2.75) is 13.3 Å². The van der Waals surface area contributed by atoms with Crippen molar-refractivity contribution in [1.29, 1.82) is 0 Å². The second kappa shape index (κ2) is 8.21. The van der Waals surface area contributed by atoms with Gasteiger partial charge in [-0.1, -0.05) is 31.2 Å².